The number of rotatable bonds is 14. The third-order valence-corrected chi connectivity index (χ3v) is 7.51. The van der Waals surface area contributed by atoms with Crippen LogP contribution in [0.5, 0.6) is 0 Å². The first-order valence-electron chi connectivity index (χ1n) is 14.6. The van der Waals surface area contributed by atoms with Crippen LogP contribution in [0, 0.1) is 0 Å². The van der Waals surface area contributed by atoms with Gasteiger partial charge in [0.25, 0.3) is 0 Å². The van der Waals surface area contributed by atoms with Crippen LogP contribution in [0.25, 0.3) is 10.9 Å². The summed E-state index contributed by atoms with van der Waals surface area (Å²) in [6.07, 6.45) is 12.0. The molecule has 1 saturated heterocycles. The molecule has 0 radical (unpaired) electrons. The van der Waals surface area contributed by atoms with Crippen molar-refractivity contribution >= 4 is 22.7 Å². The van der Waals surface area contributed by atoms with Gasteiger partial charge in [0.1, 0.15) is 5.82 Å². The highest BCUT2D eigenvalue weighted by Gasteiger charge is 2.16. The number of aromatic nitrogens is 4. The molecule has 0 atom stereocenters. The molecule has 0 bridgehead atoms. The fourth-order valence-corrected chi connectivity index (χ4v) is 5.36. The summed E-state index contributed by atoms with van der Waals surface area (Å²) < 4.78 is 5.46. The van der Waals surface area contributed by atoms with Crippen molar-refractivity contribution in [2.45, 2.75) is 82.8 Å². The van der Waals surface area contributed by atoms with Crippen LogP contribution in [0.4, 0.5) is 11.8 Å². The van der Waals surface area contributed by atoms with Gasteiger partial charge in [-0.25, -0.2) is 4.98 Å². The van der Waals surface area contributed by atoms with E-state index in [-0.39, 0.29) is 0 Å². The Balaban J connectivity index is 1.03. The maximum atomic E-state index is 5.46. The van der Waals surface area contributed by atoms with Gasteiger partial charge in [-0.2, -0.15) is 9.97 Å². The van der Waals surface area contributed by atoms with E-state index in [0.717, 1.165) is 81.2 Å². The van der Waals surface area contributed by atoms with E-state index in [1.54, 1.807) is 0 Å². The Bertz CT molecular complexity index is 1110. The number of nitrogens with one attached hydrogen (secondary N) is 5. The molecule has 38 heavy (non-hydrogen) atoms. The minimum Gasteiger partial charge on any atom is -0.367 e. The standard InChI is InChI=1S/C28H43N9O/c1-2-8-21(9-3-1)31-17-7-16-29-15-6-12-26-35-25(37-38-26)20-32-28-34-24-11-5-4-10-23(24)27(36-28)33-22-13-18-30-19-14-22/h4-5,10-11,21-22,29-31H,1-3,6-9,12-20H2,(H2,32,33,34,36). The SMILES string of the molecule is c1ccc2c(NC3CCNCC3)nc(NCc3noc(CCCNCCCNC4CCCCC4)n3)nc2c1. The third-order valence-electron chi connectivity index (χ3n) is 7.51. The summed E-state index contributed by atoms with van der Waals surface area (Å²) in [6.45, 7) is 5.57. The van der Waals surface area contributed by atoms with E-state index in [0.29, 0.717) is 30.3 Å². The van der Waals surface area contributed by atoms with E-state index in [1.165, 1.54) is 38.5 Å². The van der Waals surface area contributed by atoms with Crippen LogP contribution >= 0.6 is 0 Å². The highest BCUT2D eigenvalue weighted by molar-refractivity contribution is 5.90. The molecular formula is C28H43N9O. The van der Waals surface area contributed by atoms with E-state index in [4.69, 9.17) is 14.5 Å². The Morgan fingerprint density at radius 2 is 1.71 bits per heavy atom. The molecule has 0 unspecified atom stereocenters. The molecule has 2 aromatic heterocycles. The van der Waals surface area contributed by atoms with E-state index >= 15 is 0 Å². The van der Waals surface area contributed by atoms with Crippen LogP contribution in [0.15, 0.2) is 28.8 Å². The highest BCUT2D eigenvalue weighted by atomic mass is 16.5. The van der Waals surface area contributed by atoms with E-state index in [2.05, 4.69) is 42.8 Å². The molecule has 206 valence electrons. The molecule has 5 N–H and O–H groups in total. The second kappa shape index (κ2) is 14.4. The summed E-state index contributed by atoms with van der Waals surface area (Å²) in [5.74, 6) is 2.73. The number of hydrogen-bond donors (Lipinski definition) is 5. The smallest absolute Gasteiger partial charge is 0.226 e. The van der Waals surface area contributed by atoms with Crippen molar-refractivity contribution in [2.24, 2.45) is 0 Å². The van der Waals surface area contributed by atoms with Crippen LogP contribution in [0.1, 0.15) is 69.5 Å². The number of benzene rings is 1. The van der Waals surface area contributed by atoms with Crippen molar-refractivity contribution in [1.82, 2.24) is 36.1 Å². The summed E-state index contributed by atoms with van der Waals surface area (Å²) in [4.78, 5) is 14.0. The van der Waals surface area contributed by atoms with Crippen LogP contribution in [-0.4, -0.2) is 64.9 Å². The summed E-state index contributed by atoms with van der Waals surface area (Å²) in [7, 11) is 0. The lowest BCUT2D eigenvalue weighted by Gasteiger charge is -2.24. The first-order valence-corrected chi connectivity index (χ1v) is 14.6. The monoisotopic (exact) mass is 521 g/mol. The van der Waals surface area contributed by atoms with Crippen molar-refractivity contribution < 1.29 is 4.52 Å². The fourth-order valence-electron chi connectivity index (χ4n) is 5.36. The lowest BCUT2D eigenvalue weighted by molar-refractivity contribution is 0.367. The molecule has 1 aliphatic carbocycles. The molecule has 1 aliphatic heterocycles. The van der Waals surface area contributed by atoms with Crippen molar-refractivity contribution in [3.63, 3.8) is 0 Å². The van der Waals surface area contributed by atoms with Crippen molar-refractivity contribution in [1.29, 1.82) is 0 Å². The summed E-state index contributed by atoms with van der Waals surface area (Å²) in [5, 5.41) is 22.7. The van der Waals surface area contributed by atoms with Gasteiger partial charge in [0.2, 0.25) is 11.8 Å². The zero-order chi connectivity index (χ0) is 25.8. The average molecular weight is 522 g/mol. The van der Waals surface area contributed by atoms with E-state index in [9.17, 15) is 0 Å². The molecule has 2 fully saturated rings. The minimum absolute atomic E-state index is 0.412. The van der Waals surface area contributed by atoms with Crippen molar-refractivity contribution in [2.75, 3.05) is 43.4 Å². The topological polar surface area (TPSA) is 125 Å². The van der Waals surface area contributed by atoms with Gasteiger partial charge < -0.3 is 31.1 Å². The molecule has 1 aromatic carbocycles. The van der Waals surface area contributed by atoms with Gasteiger partial charge in [0.15, 0.2) is 5.82 Å². The number of nitrogens with zero attached hydrogens (tertiary/aromatic N) is 4. The van der Waals surface area contributed by atoms with Gasteiger partial charge in [-0.1, -0.05) is 36.6 Å². The van der Waals surface area contributed by atoms with Gasteiger partial charge in [-0.05, 0) is 83.4 Å². The average Bonchev–Trinajstić information content (AvgIpc) is 3.42. The molecule has 10 heteroatoms. The lowest BCUT2D eigenvalue weighted by Crippen LogP contribution is -2.35. The van der Waals surface area contributed by atoms with Gasteiger partial charge >= 0.3 is 0 Å². The largest absolute Gasteiger partial charge is 0.367 e. The molecule has 3 aromatic rings. The predicted molar refractivity (Wildman–Crippen MR) is 151 cm³/mol. The number of hydrogen-bond acceptors (Lipinski definition) is 10. The molecule has 10 nitrogen and oxygen atoms in total. The Morgan fingerprint density at radius 3 is 2.61 bits per heavy atom. The summed E-state index contributed by atoms with van der Waals surface area (Å²) in [5.41, 5.74) is 0.910. The Morgan fingerprint density at radius 1 is 0.868 bits per heavy atom. The van der Waals surface area contributed by atoms with Crippen molar-refractivity contribution in [3.8, 4) is 0 Å². The first kappa shape index (κ1) is 26.8. The van der Waals surface area contributed by atoms with Crippen molar-refractivity contribution in [3.05, 3.63) is 36.0 Å². The number of para-hydroxylation sites is 1. The predicted octanol–water partition coefficient (Wildman–Crippen LogP) is 3.62. The van der Waals surface area contributed by atoms with E-state index < -0.39 is 0 Å². The maximum Gasteiger partial charge on any atom is 0.226 e. The van der Waals surface area contributed by atoms with Gasteiger partial charge in [0.05, 0.1) is 12.1 Å². The quantitative estimate of drug-likeness (QED) is 0.201. The summed E-state index contributed by atoms with van der Waals surface area (Å²) in [6, 6.07) is 9.27. The molecule has 0 amide bonds. The van der Waals surface area contributed by atoms with Crippen LogP contribution in [-0.2, 0) is 13.0 Å². The molecule has 0 spiro atoms. The normalized spacial score (nSPS) is 17.2. The molecule has 3 heterocycles. The maximum absolute atomic E-state index is 5.46. The van der Waals surface area contributed by atoms with Gasteiger partial charge in [0, 0.05) is 23.9 Å². The highest BCUT2D eigenvalue weighted by Crippen LogP contribution is 2.24. The van der Waals surface area contributed by atoms with Crippen LogP contribution in [0.2, 0.25) is 0 Å². The van der Waals surface area contributed by atoms with Crippen LogP contribution < -0.4 is 26.6 Å². The van der Waals surface area contributed by atoms with E-state index in [1.807, 2.05) is 18.2 Å². The second-order valence-electron chi connectivity index (χ2n) is 10.5. The Labute approximate surface area is 225 Å². The summed E-state index contributed by atoms with van der Waals surface area (Å²) >= 11 is 0. The minimum atomic E-state index is 0.412. The number of piperidine rings is 1. The number of fused-ring (bicyclic) bond motifs is 1. The second-order valence-corrected chi connectivity index (χ2v) is 10.5. The van der Waals surface area contributed by atoms with Gasteiger partial charge in [-0.3, -0.25) is 0 Å². The number of aryl methyl sites for hydroxylation is 1. The molecule has 1 saturated carbocycles. The number of anilines is 2. The third kappa shape index (κ3) is 8.09. The lowest BCUT2D eigenvalue weighted by atomic mass is 9.95. The zero-order valence-corrected chi connectivity index (χ0v) is 22.5. The fraction of sp³-hybridized carbons (Fsp3) is 0.643. The molecule has 2 aliphatic rings. The molecule has 5 rings (SSSR count). The Hall–Kier alpha value is -2.82. The first-order chi connectivity index (χ1) is 18.8. The van der Waals surface area contributed by atoms with Crippen LogP contribution in [0.3, 0.4) is 0 Å². The van der Waals surface area contributed by atoms with Gasteiger partial charge in [-0.15, -0.1) is 0 Å². The zero-order valence-electron chi connectivity index (χ0n) is 22.5. The Kier molecular flexibility index (Phi) is 10.1. The molecular weight excluding hydrogens is 478 g/mol.